The van der Waals surface area contributed by atoms with Crippen LogP contribution in [0, 0.1) is 13.8 Å². The summed E-state index contributed by atoms with van der Waals surface area (Å²) in [4.78, 5) is 16.2. The average molecular weight is 223 g/mol. The van der Waals surface area contributed by atoms with Gasteiger partial charge in [-0.15, -0.1) is 0 Å². The van der Waals surface area contributed by atoms with Crippen molar-refractivity contribution < 1.29 is 14.4 Å². The Morgan fingerprint density at radius 3 is 2.69 bits per heavy atom. The first-order valence-electron chi connectivity index (χ1n) is 5.05. The summed E-state index contributed by atoms with van der Waals surface area (Å²) in [6.07, 6.45) is 0. The second-order valence-corrected chi connectivity index (χ2v) is 3.63. The summed E-state index contributed by atoms with van der Waals surface area (Å²) >= 11 is 0. The summed E-state index contributed by atoms with van der Waals surface area (Å²) in [6, 6.07) is 5.88. The van der Waals surface area contributed by atoms with Crippen LogP contribution in [0.15, 0.2) is 18.2 Å². The van der Waals surface area contributed by atoms with E-state index in [0.29, 0.717) is 0 Å². The highest BCUT2D eigenvalue weighted by atomic mass is 16.7. The van der Waals surface area contributed by atoms with Crippen molar-refractivity contribution in [2.45, 2.75) is 13.8 Å². The van der Waals surface area contributed by atoms with Crippen LogP contribution < -0.4 is 4.74 Å². The molecule has 1 amide bonds. The Morgan fingerprint density at radius 2 is 2.06 bits per heavy atom. The molecule has 0 unspecified atom stereocenters. The number of rotatable bonds is 4. The number of hydrogen-bond donors (Lipinski definition) is 0. The van der Waals surface area contributed by atoms with Crippen molar-refractivity contribution in [1.82, 2.24) is 5.06 Å². The molecular weight excluding hydrogens is 206 g/mol. The third-order valence-corrected chi connectivity index (χ3v) is 2.32. The van der Waals surface area contributed by atoms with Gasteiger partial charge in [-0.05, 0) is 31.0 Å². The van der Waals surface area contributed by atoms with Gasteiger partial charge in [-0.25, -0.2) is 5.06 Å². The Hall–Kier alpha value is -1.55. The Balaban J connectivity index is 2.61. The lowest BCUT2D eigenvalue weighted by Crippen LogP contribution is -2.30. The van der Waals surface area contributed by atoms with Gasteiger partial charge in [0.2, 0.25) is 0 Å². The number of hydroxylamine groups is 2. The van der Waals surface area contributed by atoms with Crippen molar-refractivity contribution in [2.75, 3.05) is 20.8 Å². The van der Waals surface area contributed by atoms with Crippen LogP contribution >= 0.6 is 0 Å². The number of aryl methyl sites for hydroxylation is 2. The second kappa shape index (κ2) is 5.51. The molecule has 1 aromatic rings. The Bertz CT molecular complexity index is 377. The summed E-state index contributed by atoms with van der Waals surface area (Å²) in [5.74, 6) is 0.515. The third-order valence-electron chi connectivity index (χ3n) is 2.32. The number of carbonyl (C=O) groups is 1. The smallest absolute Gasteiger partial charge is 0.283 e. The molecule has 1 rings (SSSR count). The van der Waals surface area contributed by atoms with Crippen LogP contribution in [0.2, 0.25) is 0 Å². The number of ether oxygens (including phenoxy) is 1. The number of likely N-dealkylation sites (N-methyl/N-ethyl adjacent to an activating group) is 1. The van der Waals surface area contributed by atoms with Gasteiger partial charge in [-0.1, -0.05) is 12.1 Å². The highest BCUT2D eigenvalue weighted by Crippen LogP contribution is 2.18. The van der Waals surface area contributed by atoms with E-state index in [1.165, 1.54) is 7.11 Å². The molecule has 0 heterocycles. The van der Waals surface area contributed by atoms with E-state index >= 15 is 0 Å². The molecule has 4 nitrogen and oxygen atoms in total. The van der Waals surface area contributed by atoms with E-state index in [9.17, 15) is 4.79 Å². The molecule has 0 N–H and O–H groups in total. The van der Waals surface area contributed by atoms with Crippen LogP contribution in [0.5, 0.6) is 5.75 Å². The summed E-state index contributed by atoms with van der Waals surface area (Å²) in [6.45, 7) is 3.91. The second-order valence-electron chi connectivity index (χ2n) is 3.63. The maximum atomic E-state index is 11.4. The normalized spacial score (nSPS) is 10.0. The molecule has 0 bridgehead atoms. The Kier molecular flexibility index (Phi) is 4.31. The SMILES string of the molecule is CON(C)C(=O)COc1cc(C)ccc1C. The molecule has 0 aromatic heterocycles. The van der Waals surface area contributed by atoms with Gasteiger partial charge in [-0.2, -0.15) is 0 Å². The van der Waals surface area contributed by atoms with Crippen LogP contribution in [0.1, 0.15) is 11.1 Å². The van der Waals surface area contributed by atoms with Gasteiger partial charge in [0, 0.05) is 7.05 Å². The fraction of sp³-hybridized carbons (Fsp3) is 0.417. The fourth-order valence-electron chi connectivity index (χ4n) is 1.20. The first-order chi connectivity index (χ1) is 7.54. The van der Waals surface area contributed by atoms with E-state index in [1.54, 1.807) is 7.05 Å². The Labute approximate surface area is 95.7 Å². The third kappa shape index (κ3) is 3.24. The molecule has 0 aliphatic heterocycles. The Morgan fingerprint density at radius 1 is 1.38 bits per heavy atom. The largest absolute Gasteiger partial charge is 0.483 e. The van der Waals surface area contributed by atoms with Gasteiger partial charge in [0.1, 0.15) is 5.75 Å². The molecule has 0 fully saturated rings. The standard InChI is InChI=1S/C12H17NO3/c1-9-5-6-10(2)11(7-9)16-8-12(14)13(3)15-4/h5-7H,8H2,1-4H3. The topological polar surface area (TPSA) is 38.8 Å². The summed E-state index contributed by atoms with van der Waals surface area (Å²) in [5.41, 5.74) is 2.12. The van der Waals surface area contributed by atoms with Crippen LogP contribution in [-0.4, -0.2) is 31.7 Å². The lowest BCUT2D eigenvalue weighted by atomic mass is 10.1. The van der Waals surface area contributed by atoms with E-state index in [2.05, 4.69) is 0 Å². The number of hydrogen-bond acceptors (Lipinski definition) is 3. The van der Waals surface area contributed by atoms with Crippen molar-refractivity contribution in [1.29, 1.82) is 0 Å². The summed E-state index contributed by atoms with van der Waals surface area (Å²) in [7, 11) is 2.99. The van der Waals surface area contributed by atoms with E-state index in [1.807, 2.05) is 32.0 Å². The van der Waals surface area contributed by atoms with Gasteiger partial charge in [0.05, 0.1) is 7.11 Å². The van der Waals surface area contributed by atoms with E-state index < -0.39 is 0 Å². The molecule has 0 radical (unpaired) electrons. The number of benzene rings is 1. The molecule has 4 heteroatoms. The maximum absolute atomic E-state index is 11.4. The number of nitrogens with zero attached hydrogens (tertiary/aromatic N) is 1. The molecule has 1 aromatic carbocycles. The van der Waals surface area contributed by atoms with Crippen LogP contribution in [0.4, 0.5) is 0 Å². The predicted molar refractivity (Wildman–Crippen MR) is 61.2 cm³/mol. The molecule has 0 aliphatic rings. The van der Waals surface area contributed by atoms with Crippen molar-refractivity contribution in [3.63, 3.8) is 0 Å². The van der Waals surface area contributed by atoms with E-state index in [0.717, 1.165) is 21.9 Å². The molecule has 0 aliphatic carbocycles. The van der Waals surface area contributed by atoms with E-state index in [-0.39, 0.29) is 12.5 Å². The monoisotopic (exact) mass is 223 g/mol. The number of amides is 1. The zero-order valence-corrected chi connectivity index (χ0v) is 10.1. The minimum absolute atomic E-state index is 0.0192. The predicted octanol–water partition coefficient (Wildman–Crippen LogP) is 1.70. The van der Waals surface area contributed by atoms with Crippen molar-refractivity contribution >= 4 is 5.91 Å². The lowest BCUT2D eigenvalue weighted by molar-refractivity contribution is -0.170. The van der Waals surface area contributed by atoms with Crippen molar-refractivity contribution in [3.8, 4) is 5.75 Å². The van der Waals surface area contributed by atoms with Crippen LogP contribution in [0.3, 0.4) is 0 Å². The van der Waals surface area contributed by atoms with Crippen LogP contribution in [-0.2, 0) is 9.63 Å². The molecule has 0 saturated heterocycles. The molecule has 16 heavy (non-hydrogen) atoms. The summed E-state index contributed by atoms with van der Waals surface area (Å²) < 4.78 is 5.43. The highest BCUT2D eigenvalue weighted by molar-refractivity contribution is 5.76. The zero-order chi connectivity index (χ0) is 12.1. The molecule has 0 atom stereocenters. The molecule has 0 spiro atoms. The van der Waals surface area contributed by atoms with Gasteiger partial charge < -0.3 is 4.74 Å². The van der Waals surface area contributed by atoms with Crippen LogP contribution in [0.25, 0.3) is 0 Å². The zero-order valence-electron chi connectivity index (χ0n) is 10.1. The van der Waals surface area contributed by atoms with Gasteiger partial charge in [0.15, 0.2) is 6.61 Å². The molecule has 88 valence electrons. The quantitative estimate of drug-likeness (QED) is 0.729. The minimum Gasteiger partial charge on any atom is -0.483 e. The first kappa shape index (κ1) is 12.5. The van der Waals surface area contributed by atoms with Gasteiger partial charge >= 0.3 is 0 Å². The highest BCUT2D eigenvalue weighted by Gasteiger charge is 2.09. The average Bonchev–Trinajstić information content (AvgIpc) is 2.28. The molecular formula is C12H17NO3. The van der Waals surface area contributed by atoms with Crippen molar-refractivity contribution in [3.05, 3.63) is 29.3 Å². The fourth-order valence-corrected chi connectivity index (χ4v) is 1.20. The molecule has 0 saturated carbocycles. The van der Waals surface area contributed by atoms with E-state index in [4.69, 9.17) is 9.57 Å². The van der Waals surface area contributed by atoms with Crippen molar-refractivity contribution in [2.24, 2.45) is 0 Å². The van der Waals surface area contributed by atoms with Gasteiger partial charge in [0.25, 0.3) is 5.91 Å². The maximum Gasteiger partial charge on any atom is 0.283 e. The lowest BCUT2D eigenvalue weighted by Gasteiger charge is -2.15. The van der Waals surface area contributed by atoms with Gasteiger partial charge in [-0.3, -0.25) is 9.63 Å². The minimum atomic E-state index is -0.219. The number of carbonyl (C=O) groups excluding carboxylic acids is 1. The first-order valence-corrected chi connectivity index (χ1v) is 5.05. The summed E-state index contributed by atoms with van der Waals surface area (Å²) in [5, 5.41) is 1.14.